The molecular formula is C18H23N3O3. The fraction of sp³-hybridized carbons (Fsp3) is 0.500. The van der Waals surface area contributed by atoms with E-state index in [-0.39, 0.29) is 17.7 Å². The van der Waals surface area contributed by atoms with Gasteiger partial charge in [0.1, 0.15) is 5.60 Å². The van der Waals surface area contributed by atoms with Crippen molar-refractivity contribution in [3.05, 3.63) is 40.9 Å². The van der Waals surface area contributed by atoms with E-state index in [4.69, 9.17) is 4.74 Å². The van der Waals surface area contributed by atoms with Crippen molar-refractivity contribution < 1.29 is 9.53 Å². The Labute approximate surface area is 141 Å². The van der Waals surface area contributed by atoms with Gasteiger partial charge in [-0.2, -0.15) is 0 Å². The molecule has 2 aromatic rings. The Morgan fingerprint density at radius 2 is 2.04 bits per heavy atom. The van der Waals surface area contributed by atoms with E-state index in [1.54, 1.807) is 21.9 Å². The summed E-state index contributed by atoms with van der Waals surface area (Å²) in [7, 11) is 0. The van der Waals surface area contributed by atoms with Crippen LogP contribution in [0, 0.1) is 0 Å². The highest BCUT2D eigenvalue weighted by Gasteiger charge is 2.29. The van der Waals surface area contributed by atoms with Gasteiger partial charge in [0, 0.05) is 13.1 Å². The Kier molecular flexibility index (Phi) is 4.30. The Hall–Kier alpha value is -2.37. The van der Waals surface area contributed by atoms with Crippen LogP contribution in [0.15, 0.2) is 35.4 Å². The first-order valence-electron chi connectivity index (χ1n) is 8.29. The lowest BCUT2D eigenvalue weighted by Gasteiger charge is -2.34. The zero-order valence-electron chi connectivity index (χ0n) is 14.4. The molecule has 1 saturated heterocycles. The minimum absolute atomic E-state index is 0.0587. The SMILES string of the molecule is CC(C)(C)OC(=O)N1CCCC(n2cnc3ccccc3c2=O)C1. The molecule has 1 aliphatic rings. The third kappa shape index (κ3) is 3.42. The van der Waals surface area contributed by atoms with E-state index in [1.807, 2.05) is 39.0 Å². The molecule has 0 spiro atoms. The lowest BCUT2D eigenvalue weighted by molar-refractivity contribution is 0.0171. The fourth-order valence-electron chi connectivity index (χ4n) is 3.02. The van der Waals surface area contributed by atoms with Crippen LogP contribution in [0.2, 0.25) is 0 Å². The van der Waals surface area contributed by atoms with Crippen LogP contribution < -0.4 is 5.56 Å². The number of carbonyl (C=O) groups excluding carboxylic acids is 1. The zero-order valence-corrected chi connectivity index (χ0v) is 14.4. The minimum atomic E-state index is -0.522. The van der Waals surface area contributed by atoms with Crippen LogP contribution in [0.25, 0.3) is 10.9 Å². The molecule has 2 heterocycles. The largest absolute Gasteiger partial charge is 0.444 e. The topological polar surface area (TPSA) is 64.4 Å². The second-order valence-electron chi connectivity index (χ2n) is 7.20. The molecule has 0 aliphatic carbocycles. The molecule has 6 heteroatoms. The van der Waals surface area contributed by atoms with Crippen LogP contribution in [-0.2, 0) is 4.74 Å². The lowest BCUT2D eigenvalue weighted by atomic mass is 10.1. The number of nitrogens with zero attached hydrogens (tertiary/aromatic N) is 3. The summed E-state index contributed by atoms with van der Waals surface area (Å²) < 4.78 is 7.10. The Balaban J connectivity index is 1.84. The Morgan fingerprint density at radius 3 is 2.79 bits per heavy atom. The van der Waals surface area contributed by atoms with E-state index in [0.29, 0.717) is 24.0 Å². The maximum absolute atomic E-state index is 12.7. The van der Waals surface area contributed by atoms with Gasteiger partial charge in [0.05, 0.1) is 23.3 Å². The van der Waals surface area contributed by atoms with Crippen LogP contribution in [0.4, 0.5) is 4.79 Å². The van der Waals surface area contributed by atoms with Crippen molar-refractivity contribution in [1.29, 1.82) is 0 Å². The van der Waals surface area contributed by atoms with Gasteiger partial charge in [0.2, 0.25) is 0 Å². The van der Waals surface area contributed by atoms with Gasteiger partial charge in [0.25, 0.3) is 5.56 Å². The average molecular weight is 329 g/mol. The standard InChI is InChI=1S/C18H23N3O3/c1-18(2,3)24-17(23)20-10-6-7-13(11-20)21-12-19-15-9-5-4-8-14(15)16(21)22/h4-5,8-9,12-13H,6-7,10-11H2,1-3H3. The predicted molar refractivity (Wildman–Crippen MR) is 92.1 cm³/mol. The van der Waals surface area contributed by atoms with Crippen molar-refractivity contribution in [2.75, 3.05) is 13.1 Å². The number of benzene rings is 1. The van der Waals surface area contributed by atoms with Gasteiger partial charge >= 0.3 is 6.09 Å². The molecule has 0 saturated carbocycles. The van der Waals surface area contributed by atoms with Gasteiger partial charge in [-0.3, -0.25) is 9.36 Å². The van der Waals surface area contributed by atoms with Crippen LogP contribution in [-0.4, -0.2) is 39.2 Å². The van der Waals surface area contributed by atoms with Gasteiger partial charge in [-0.05, 0) is 45.7 Å². The van der Waals surface area contributed by atoms with Crippen LogP contribution in [0.5, 0.6) is 0 Å². The maximum Gasteiger partial charge on any atom is 0.410 e. The average Bonchev–Trinajstić information content (AvgIpc) is 2.54. The number of rotatable bonds is 1. The number of para-hydroxylation sites is 1. The summed E-state index contributed by atoms with van der Waals surface area (Å²) in [6.07, 6.45) is 2.95. The molecule has 3 rings (SSSR count). The maximum atomic E-state index is 12.7. The molecule has 0 radical (unpaired) electrons. The van der Waals surface area contributed by atoms with Crippen LogP contribution in [0.1, 0.15) is 39.7 Å². The molecule has 1 aromatic heterocycles. The molecule has 1 aromatic carbocycles. The van der Waals surface area contributed by atoms with Crippen molar-refractivity contribution in [2.45, 2.75) is 45.3 Å². The van der Waals surface area contributed by atoms with Gasteiger partial charge in [-0.1, -0.05) is 12.1 Å². The summed E-state index contributed by atoms with van der Waals surface area (Å²) in [5, 5.41) is 0.606. The van der Waals surface area contributed by atoms with Gasteiger partial charge in [-0.15, -0.1) is 0 Å². The molecule has 1 unspecified atom stereocenters. The molecule has 1 amide bonds. The molecule has 1 atom stereocenters. The molecule has 24 heavy (non-hydrogen) atoms. The van der Waals surface area contributed by atoms with E-state index in [0.717, 1.165) is 12.8 Å². The normalized spacial score (nSPS) is 18.6. The van der Waals surface area contributed by atoms with Crippen LogP contribution >= 0.6 is 0 Å². The van der Waals surface area contributed by atoms with E-state index >= 15 is 0 Å². The minimum Gasteiger partial charge on any atom is -0.444 e. The zero-order chi connectivity index (χ0) is 17.3. The van der Waals surface area contributed by atoms with Crippen molar-refractivity contribution >= 4 is 17.0 Å². The molecule has 1 fully saturated rings. The summed E-state index contributed by atoms with van der Waals surface area (Å²) in [4.78, 5) is 31.1. The van der Waals surface area contributed by atoms with Gasteiger partial charge < -0.3 is 9.64 Å². The first-order valence-corrected chi connectivity index (χ1v) is 8.29. The van der Waals surface area contributed by atoms with E-state index in [1.165, 1.54) is 0 Å². The molecule has 1 aliphatic heterocycles. The smallest absolute Gasteiger partial charge is 0.410 e. The number of piperidine rings is 1. The number of aromatic nitrogens is 2. The van der Waals surface area contributed by atoms with Gasteiger partial charge in [-0.25, -0.2) is 9.78 Å². The number of hydrogen-bond donors (Lipinski definition) is 0. The molecule has 0 bridgehead atoms. The summed E-state index contributed by atoms with van der Waals surface area (Å²) in [5.41, 5.74) is 0.112. The monoisotopic (exact) mass is 329 g/mol. The number of likely N-dealkylation sites (tertiary alicyclic amines) is 1. The number of amides is 1. The number of hydrogen-bond acceptors (Lipinski definition) is 4. The Morgan fingerprint density at radius 1 is 1.29 bits per heavy atom. The number of fused-ring (bicyclic) bond motifs is 1. The highest BCUT2D eigenvalue weighted by Crippen LogP contribution is 2.22. The first-order chi connectivity index (χ1) is 11.3. The number of ether oxygens (including phenoxy) is 1. The second kappa shape index (κ2) is 6.26. The van der Waals surface area contributed by atoms with Crippen molar-refractivity contribution in [1.82, 2.24) is 14.5 Å². The summed E-state index contributed by atoms with van der Waals surface area (Å²) in [6, 6.07) is 7.24. The number of carbonyl (C=O) groups is 1. The summed E-state index contributed by atoms with van der Waals surface area (Å²) >= 11 is 0. The quantitative estimate of drug-likeness (QED) is 0.807. The van der Waals surface area contributed by atoms with Crippen molar-refractivity contribution in [3.63, 3.8) is 0 Å². The highest BCUT2D eigenvalue weighted by atomic mass is 16.6. The highest BCUT2D eigenvalue weighted by molar-refractivity contribution is 5.76. The predicted octanol–water partition coefficient (Wildman–Crippen LogP) is 2.97. The van der Waals surface area contributed by atoms with E-state index < -0.39 is 5.60 Å². The molecule has 0 N–H and O–H groups in total. The molecule has 6 nitrogen and oxygen atoms in total. The van der Waals surface area contributed by atoms with Crippen molar-refractivity contribution in [3.8, 4) is 0 Å². The Bertz CT molecular complexity index is 807. The molecule has 128 valence electrons. The summed E-state index contributed by atoms with van der Waals surface area (Å²) in [6.45, 7) is 6.67. The third-order valence-corrected chi connectivity index (χ3v) is 4.13. The fourth-order valence-corrected chi connectivity index (χ4v) is 3.02. The second-order valence-corrected chi connectivity index (χ2v) is 7.20. The van der Waals surface area contributed by atoms with E-state index in [2.05, 4.69) is 4.98 Å². The first kappa shape index (κ1) is 16.5. The lowest BCUT2D eigenvalue weighted by Crippen LogP contribution is -2.45. The summed E-state index contributed by atoms with van der Waals surface area (Å²) in [5.74, 6) is 0. The molecular weight excluding hydrogens is 306 g/mol. The van der Waals surface area contributed by atoms with Crippen LogP contribution in [0.3, 0.4) is 0 Å². The van der Waals surface area contributed by atoms with Gasteiger partial charge in [0.15, 0.2) is 0 Å². The third-order valence-electron chi connectivity index (χ3n) is 4.13. The van der Waals surface area contributed by atoms with E-state index in [9.17, 15) is 9.59 Å². The van der Waals surface area contributed by atoms with Crippen molar-refractivity contribution in [2.24, 2.45) is 0 Å².